The van der Waals surface area contributed by atoms with E-state index in [0.717, 1.165) is 0 Å². The molecule has 0 N–H and O–H groups in total. The van der Waals surface area contributed by atoms with Crippen LogP contribution in [0.4, 0.5) is 5.69 Å². The largest absolute Gasteiger partial charge is 0.478 e. The summed E-state index contributed by atoms with van der Waals surface area (Å²) in [5.74, 6) is -0.385. The van der Waals surface area contributed by atoms with Crippen molar-refractivity contribution in [3.63, 3.8) is 0 Å². The van der Waals surface area contributed by atoms with E-state index in [1.54, 1.807) is 13.8 Å². The molecule has 6 heteroatoms. The van der Waals surface area contributed by atoms with Gasteiger partial charge in [-0.25, -0.2) is 0 Å². The minimum atomic E-state index is -0.596. The second-order valence-electron chi connectivity index (χ2n) is 3.75. The zero-order valence-corrected chi connectivity index (χ0v) is 10.2. The smallest absolute Gasteiger partial charge is 0.312 e. The highest BCUT2D eigenvalue weighted by Gasteiger charge is 2.19. The molecule has 0 aliphatic heterocycles. The molecule has 0 radical (unpaired) electrons. The number of nitrogens with zero attached hydrogens (tertiary/aromatic N) is 1. The predicted molar refractivity (Wildman–Crippen MR) is 63.4 cm³/mol. The summed E-state index contributed by atoms with van der Waals surface area (Å²) < 4.78 is 5.13. The lowest BCUT2D eigenvalue weighted by Gasteiger charge is -2.08. The Bertz CT molecular complexity index is 445. The fourth-order valence-corrected chi connectivity index (χ4v) is 1.32. The number of para-hydroxylation sites is 1. The highest BCUT2D eigenvalue weighted by atomic mass is 35.5. The molecule has 1 rings (SSSR count). The van der Waals surface area contributed by atoms with Gasteiger partial charge in [0.25, 0.3) is 0 Å². The maximum atomic E-state index is 11.4. The van der Waals surface area contributed by atoms with Gasteiger partial charge in [0, 0.05) is 12.0 Å². The lowest BCUT2D eigenvalue weighted by Crippen LogP contribution is -2.17. The second-order valence-corrected chi connectivity index (χ2v) is 4.16. The molecule has 92 valence electrons. The highest BCUT2D eigenvalue weighted by Crippen LogP contribution is 2.34. The Kier molecular flexibility index (Phi) is 4.45. The number of Topliss-reactive ketones (excluding diaryl/α,β-unsaturated/α-hetero) is 1. The molecule has 0 aliphatic rings. The van der Waals surface area contributed by atoms with Crippen LogP contribution in [0.5, 0.6) is 5.75 Å². The Labute approximate surface area is 103 Å². The standard InChI is InChI=1S/C11H12ClNO4/c1-7(2)10(14)6-17-11-8(12)4-3-5-9(11)13(15)16/h3-5,7H,6H2,1-2H3. The Morgan fingerprint density at radius 2 is 2.18 bits per heavy atom. The molecule has 0 atom stereocenters. The summed E-state index contributed by atoms with van der Waals surface area (Å²) in [5, 5.41) is 10.9. The van der Waals surface area contributed by atoms with Crippen LogP contribution in [0.25, 0.3) is 0 Å². The molecule has 0 amide bonds. The molecule has 1 aromatic carbocycles. The number of rotatable bonds is 5. The van der Waals surface area contributed by atoms with Crippen molar-refractivity contribution in [2.75, 3.05) is 6.61 Å². The number of halogens is 1. The lowest BCUT2D eigenvalue weighted by molar-refractivity contribution is -0.385. The SMILES string of the molecule is CC(C)C(=O)COc1c(Cl)cccc1[N+](=O)[O-]. The first kappa shape index (κ1) is 13.4. The molecule has 0 spiro atoms. The average molecular weight is 258 g/mol. The van der Waals surface area contributed by atoms with Crippen LogP contribution in [-0.2, 0) is 4.79 Å². The van der Waals surface area contributed by atoms with Crippen LogP contribution in [0.3, 0.4) is 0 Å². The molecule has 0 bridgehead atoms. The number of benzene rings is 1. The van der Waals surface area contributed by atoms with E-state index in [1.807, 2.05) is 0 Å². The van der Waals surface area contributed by atoms with Gasteiger partial charge in [0.1, 0.15) is 6.61 Å². The molecule has 5 nitrogen and oxygen atoms in total. The molecule has 0 saturated carbocycles. The monoisotopic (exact) mass is 257 g/mol. The molecule has 0 heterocycles. The predicted octanol–water partition coefficient (Wildman–Crippen LogP) is 2.85. The summed E-state index contributed by atoms with van der Waals surface area (Å²) >= 11 is 5.80. The summed E-state index contributed by atoms with van der Waals surface area (Å²) in [6.45, 7) is 3.24. The number of hydrogen-bond donors (Lipinski definition) is 0. The lowest BCUT2D eigenvalue weighted by atomic mass is 10.1. The van der Waals surface area contributed by atoms with Crippen LogP contribution in [0, 0.1) is 16.0 Å². The summed E-state index contributed by atoms with van der Waals surface area (Å²) in [6.07, 6.45) is 0. The number of ketones is 1. The maximum Gasteiger partial charge on any atom is 0.312 e. The van der Waals surface area contributed by atoms with Gasteiger partial charge in [0.05, 0.1) is 9.95 Å². The molecule has 0 aromatic heterocycles. The average Bonchev–Trinajstić information content (AvgIpc) is 2.26. The quantitative estimate of drug-likeness (QED) is 0.601. The fraction of sp³-hybridized carbons (Fsp3) is 0.364. The number of carbonyl (C=O) groups excluding carboxylic acids is 1. The van der Waals surface area contributed by atoms with Gasteiger partial charge in [0.15, 0.2) is 5.78 Å². The first-order chi connectivity index (χ1) is 7.93. The fourth-order valence-electron chi connectivity index (χ4n) is 1.09. The van der Waals surface area contributed by atoms with E-state index < -0.39 is 4.92 Å². The number of nitro groups is 1. The van der Waals surface area contributed by atoms with Crippen molar-refractivity contribution in [3.05, 3.63) is 33.3 Å². The molecular weight excluding hydrogens is 246 g/mol. The van der Waals surface area contributed by atoms with Gasteiger partial charge in [-0.3, -0.25) is 14.9 Å². The number of hydrogen-bond acceptors (Lipinski definition) is 4. The zero-order valence-electron chi connectivity index (χ0n) is 9.47. The Balaban J connectivity index is 2.90. The Morgan fingerprint density at radius 3 is 2.71 bits per heavy atom. The molecular formula is C11H12ClNO4. The molecule has 0 fully saturated rings. The highest BCUT2D eigenvalue weighted by molar-refractivity contribution is 6.32. The topological polar surface area (TPSA) is 69.4 Å². The third-order valence-corrected chi connectivity index (χ3v) is 2.44. The van der Waals surface area contributed by atoms with Gasteiger partial charge >= 0.3 is 5.69 Å². The Hall–Kier alpha value is -1.62. The molecule has 17 heavy (non-hydrogen) atoms. The van der Waals surface area contributed by atoms with Crippen molar-refractivity contribution in [2.24, 2.45) is 5.92 Å². The number of carbonyl (C=O) groups is 1. The van der Waals surface area contributed by atoms with E-state index >= 15 is 0 Å². The normalized spacial score (nSPS) is 10.4. The minimum Gasteiger partial charge on any atom is -0.478 e. The number of ether oxygens (including phenoxy) is 1. The van der Waals surface area contributed by atoms with Gasteiger partial charge in [-0.05, 0) is 6.07 Å². The van der Waals surface area contributed by atoms with Crippen LogP contribution in [0.2, 0.25) is 5.02 Å². The van der Waals surface area contributed by atoms with E-state index in [1.165, 1.54) is 18.2 Å². The summed E-state index contributed by atoms with van der Waals surface area (Å²) in [7, 11) is 0. The molecule has 0 unspecified atom stereocenters. The van der Waals surface area contributed by atoms with Crippen molar-refractivity contribution >= 4 is 23.1 Å². The van der Waals surface area contributed by atoms with Crippen LogP contribution in [-0.4, -0.2) is 17.3 Å². The van der Waals surface area contributed by atoms with Gasteiger partial charge in [-0.2, -0.15) is 0 Å². The van der Waals surface area contributed by atoms with Crippen molar-refractivity contribution in [3.8, 4) is 5.75 Å². The maximum absolute atomic E-state index is 11.4. The van der Waals surface area contributed by atoms with Crippen molar-refractivity contribution in [1.29, 1.82) is 0 Å². The van der Waals surface area contributed by atoms with E-state index in [4.69, 9.17) is 16.3 Å². The van der Waals surface area contributed by atoms with Crippen LogP contribution in [0.1, 0.15) is 13.8 Å². The first-order valence-electron chi connectivity index (χ1n) is 5.02. The van der Waals surface area contributed by atoms with Gasteiger partial charge in [-0.15, -0.1) is 0 Å². The van der Waals surface area contributed by atoms with Crippen LogP contribution in [0.15, 0.2) is 18.2 Å². The minimum absolute atomic E-state index is 0.0619. The molecule has 0 aliphatic carbocycles. The van der Waals surface area contributed by atoms with Crippen LogP contribution < -0.4 is 4.74 Å². The van der Waals surface area contributed by atoms with Gasteiger partial charge in [0.2, 0.25) is 5.75 Å². The summed E-state index contributed by atoms with van der Waals surface area (Å²) in [4.78, 5) is 21.5. The van der Waals surface area contributed by atoms with E-state index in [2.05, 4.69) is 0 Å². The third-order valence-electron chi connectivity index (χ3n) is 2.15. The van der Waals surface area contributed by atoms with Gasteiger partial charge in [-0.1, -0.05) is 31.5 Å². The molecule has 0 saturated heterocycles. The summed E-state index contributed by atoms with van der Waals surface area (Å²) in [5.41, 5.74) is -0.242. The third kappa shape index (κ3) is 3.42. The van der Waals surface area contributed by atoms with E-state index in [9.17, 15) is 14.9 Å². The summed E-state index contributed by atoms with van der Waals surface area (Å²) in [6, 6.07) is 4.21. The Morgan fingerprint density at radius 1 is 1.53 bits per heavy atom. The van der Waals surface area contributed by atoms with Crippen molar-refractivity contribution in [2.45, 2.75) is 13.8 Å². The molecule has 1 aromatic rings. The second kappa shape index (κ2) is 5.63. The van der Waals surface area contributed by atoms with Crippen LogP contribution >= 0.6 is 11.6 Å². The van der Waals surface area contributed by atoms with Crippen molar-refractivity contribution in [1.82, 2.24) is 0 Å². The van der Waals surface area contributed by atoms with Gasteiger partial charge < -0.3 is 4.74 Å². The van der Waals surface area contributed by atoms with E-state index in [0.29, 0.717) is 0 Å². The zero-order chi connectivity index (χ0) is 13.0. The number of nitro benzene ring substituents is 1. The van der Waals surface area contributed by atoms with E-state index in [-0.39, 0.29) is 34.8 Å². The van der Waals surface area contributed by atoms with Crippen molar-refractivity contribution < 1.29 is 14.5 Å². The first-order valence-corrected chi connectivity index (χ1v) is 5.39.